The zero-order valence-corrected chi connectivity index (χ0v) is 16.1. The second-order valence-electron chi connectivity index (χ2n) is 6.99. The highest BCUT2D eigenvalue weighted by molar-refractivity contribution is 5.82. The average Bonchev–Trinajstić information content (AvgIpc) is 2.73. The second kappa shape index (κ2) is 9.51. The third kappa shape index (κ3) is 5.30. The molecule has 0 bridgehead atoms. The Bertz CT molecular complexity index is 822. The minimum absolute atomic E-state index is 0.104. The number of benzene rings is 1. The number of methoxy groups -OCH3 is 1. The second-order valence-corrected chi connectivity index (χ2v) is 6.99. The van der Waals surface area contributed by atoms with Gasteiger partial charge in [0, 0.05) is 6.20 Å². The van der Waals surface area contributed by atoms with Gasteiger partial charge in [0.15, 0.2) is 0 Å². The molecule has 0 amide bonds. The smallest absolute Gasteiger partial charge is 0.261 e. The lowest BCUT2D eigenvalue weighted by Gasteiger charge is -2.18. The van der Waals surface area contributed by atoms with Crippen LogP contribution in [-0.2, 0) is 11.3 Å². The Morgan fingerprint density at radius 1 is 1.19 bits per heavy atom. The Hall–Kier alpha value is -2.40. The molecule has 27 heavy (non-hydrogen) atoms. The van der Waals surface area contributed by atoms with E-state index in [0.717, 1.165) is 24.2 Å². The number of aromatic nitrogens is 1. The normalized spacial score (nSPS) is 16.9. The van der Waals surface area contributed by atoms with E-state index in [2.05, 4.69) is 0 Å². The van der Waals surface area contributed by atoms with E-state index in [0.29, 0.717) is 18.1 Å². The molecule has 3 rings (SSSR count). The third-order valence-electron chi connectivity index (χ3n) is 4.95. The Labute approximate surface area is 160 Å². The summed E-state index contributed by atoms with van der Waals surface area (Å²) >= 11 is 0. The predicted molar refractivity (Wildman–Crippen MR) is 105 cm³/mol. The molecule has 1 unspecified atom stereocenters. The van der Waals surface area contributed by atoms with Crippen LogP contribution in [0.3, 0.4) is 0 Å². The maximum absolute atomic E-state index is 12.9. The van der Waals surface area contributed by atoms with Crippen LogP contribution in [0.15, 0.2) is 53.7 Å². The Balaban J connectivity index is 1.70. The maximum Gasteiger partial charge on any atom is 0.261 e. The fourth-order valence-electron chi connectivity index (χ4n) is 3.37. The van der Waals surface area contributed by atoms with Gasteiger partial charge in [0.1, 0.15) is 17.3 Å². The molecule has 0 saturated heterocycles. The molecule has 0 spiro atoms. The predicted octanol–water partition coefficient (Wildman–Crippen LogP) is 3.98. The minimum Gasteiger partial charge on any atom is -0.497 e. The van der Waals surface area contributed by atoms with Crippen LogP contribution >= 0.6 is 0 Å². The van der Waals surface area contributed by atoms with Gasteiger partial charge in [0.05, 0.1) is 19.8 Å². The first-order chi connectivity index (χ1) is 13.2. The molecular formula is C22H28N2O3. The Morgan fingerprint density at radius 2 is 2.00 bits per heavy atom. The van der Waals surface area contributed by atoms with Crippen molar-refractivity contribution >= 4 is 5.91 Å². The molecule has 1 aromatic carbocycles. The van der Waals surface area contributed by atoms with Gasteiger partial charge >= 0.3 is 0 Å². The highest BCUT2D eigenvalue weighted by Crippen LogP contribution is 2.19. The van der Waals surface area contributed by atoms with E-state index in [1.54, 1.807) is 24.8 Å². The lowest BCUT2D eigenvalue weighted by molar-refractivity contribution is 0.0330. The standard InChI is InChI=1S/C22H28N2O3/c1-17(27-16-18-9-8-12-20(15-18)26-2)22(25)24-14-7-6-13-21(24)23-19-10-4-3-5-11-19/h6-9,12-15,17,19H,3-5,10-11,16H2,1-2H3. The number of ether oxygens (including phenoxy) is 2. The number of carbonyl (C=O) groups excluding carboxylic acids is 1. The van der Waals surface area contributed by atoms with Crippen molar-refractivity contribution in [3.63, 3.8) is 0 Å². The summed E-state index contributed by atoms with van der Waals surface area (Å²) in [5.74, 6) is 0.675. The maximum atomic E-state index is 12.9. The molecular weight excluding hydrogens is 340 g/mol. The largest absolute Gasteiger partial charge is 0.497 e. The SMILES string of the molecule is COc1cccc(COC(C)C(=O)n2ccccc2=NC2CCCCC2)c1. The van der Waals surface area contributed by atoms with Crippen molar-refractivity contribution in [2.24, 2.45) is 4.99 Å². The molecule has 1 aliphatic rings. The molecule has 0 N–H and O–H groups in total. The van der Waals surface area contributed by atoms with Gasteiger partial charge in [-0.05, 0) is 49.6 Å². The summed E-state index contributed by atoms with van der Waals surface area (Å²) in [6, 6.07) is 13.7. The van der Waals surface area contributed by atoms with Gasteiger partial charge in [-0.1, -0.05) is 37.5 Å². The van der Waals surface area contributed by atoms with Crippen LogP contribution < -0.4 is 10.2 Å². The average molecular weight is 368 g/mol. The van der Waals surface area contributed by atoms with E-state index in [1.807, 2.05) is 42.5 Å². The lowest BCUT2D eigenvalue weighted by atomic mass is 9.96. The summed E-state index contributed by atoms with van der Waals surface area (Å²) in [4.78, 5) is 17.7. The van der Waals surface area contributed by atoms with Crippen LogP contribution in [0.4, 0.5) is 0 Å². The van der Waals surface area contributed by atoms with E-state index in [1.165, 1.54) is 19.3 Å². The molecule has 1 saturated carbocycles. The van der Waals surface area contributed by atoms with Crippen molar-refractivity contribution < 1.29 is 14.3 Å². The monoisotopic (exact) mass is 368 g/mol. The van der Waals surface area contributed by atoms with Gasteiger partial charge in [-0.2, -0.15) is 0 Å². The van der Waals surface area contributed by atoms with Gasteiger partial charge in [-0.3, -0.25) is 14.4 Å². The van der Waals surface area contributed by atoms with E-state index in [-0.39, 0.29) is 5.91 Å². The van der Waals surface area contributed by atoms with Crippen LogP contribution in [0.5, 0.6) is 5.75 Å². The molecule has 144 valence electrons. The van der Waals surface area contributed by atoms with Crippen molar-refractivity contribution in [1.82, 2.24) is 4.57 Å². The van der Waals surface area contributed by atoms with Crippen molar-refractivity contribution in [1.29, 1.82) is 0 Å². The fourth-order valence-corrected chi connectivity index (χ4v) is 3.37. The van der Waals surface area contributed by atoms with Crippen LogP contribution in [0, 0.1) is 0 Å². The van der Waals surface area contributed by atoms with Gasteiger partial charge in [0.2, 0.25) is 0 Å². The van der Waals surface area contributed by atoms with Crippen LogP contribution in [0.2, 0.25) is 0 Å². The highest BCUT2D eigenvalue weighted by Gasteiger charge is 2.17. The summed E-state index contributed by atoms with van der Waals surface area (Å²) in [7, 11) is 1.63. The van der Waals surface area contributed by atoms with E-state index >= 15 is 0 Å². The number of hydrogen-bond donors (Lipinski definition) is 0. The number of pyridine rings is 1. The molecule has 1 heterocycles. The molecule has 1 aromatic heterocycles. The van der Waals surface area contributed by atoms with E-state index in [9.17, 15) is 4.79 Å². The highest BCUT2D eigenvalue weighted by atomic mass is 16.5. The van der Waals surface area contributed by atoms with E-state index < -0.39 is 6.10 Å². The third-order valence-corrected chi connectivity index (χ3v) is 4.95. The summed E-state index contributed by atoms with van der Waals surface area (Å²) in [5.41, 5.74) is 1.69. The zero-order chi connectivity index (χ0) is 19.1. The molecule has 1 atom stereocenters. The number of carbonyl (C=O) groups is 1. The number of hydrogen-bond acceptors (Lipinski definition) is 4. The first kappa shape index (κ1) is 19.4. The molecule has 1 fully saturated rings. The minimum atomic E-state index is -0.566. The van der Waals surface area contributed by atoms with Crippen LogP contribution in [0.25, 0.3) is 0 Å². The van der Waals surface area contributed by atoms with Crippen molar-refractivity contribution in [2.45, 2.75) is 57.8 Å². The first-order valence-corrected chi connectivity index (χ1v) is 9.67. The first-order valence-electron chi connectivity index (χ1n) is 9.67. The molecule has 1 aliphatic carbocycles. The quantitative estimate of drug-likeness (QED) is 0.775. The molecule has 0 radical (unpaired) electrons. The molecule has 5 heteroatoms. The topological polar surface area (TPSA) is 52.8 Å². The van der Waals surface area contributed by atoms with Crippen LogP contribution in [-0.4, -0.2) is 29.7 Å². The van der Waals surface area contributed by atoms with Gasteiger partial charge in [-0.25, -0.2) is 0 Å². The Kier molecular flexibility index (Phi) is 6.82. The van der Waals surface area contributed by atoms with Crippen molar-refractivity contribution in [3.05, 3.63) is 59.7 Å². The van der Waals surface area contributed by atoms with Gasteiger partial charge in [-0.15, -0.1) is 0 Å². The number of rotatable bonds is 6. The lowest BCUT2D eigenvalue weighted by Crippen LogP contribution is -2.35. The molecule has 2 aromatic rings. The summed E-state index contributed by atoms with van der Waals surface area (Å²) < 4.78 is 12.7. The van der Waals surface area contributed by atoms with E-state index in [4.69, 9.17) is 14.5 Å². The summed E-state index contributed by atoms with van der Waals surface area (Å²) in [6.07, 6.45) is 7.13. The molecule has 0 aliphatic heterocycles. The van der Waals surface area contributed by atoms with Crippen molar-refractivity contribution in [3.8, 4) is 5.75 Å². The zero-order valence-electron chi connectivity index (χ0n) is 16.1. The number of nitrogens with zero attached hydrogens (tertiary/aromatic N) is 2. The summed E-state index contributed by atoms with van der Waals surface area (Å²) in [6.45, 7) is 2.14. The van der Waals surface area contributed by atoms with Crippen LogP contribution in [0.1, 0.15) is 49.4 Å². The Morgan fingerprint density at radius 3 is 2.78 bits per heavy atom. The van der Waals surface area contributed by atoms with Gasteiger partial charge < -0.3 is 9.47 Å². The summed E-state index contributed by atoms with van der Waals surface area (Å²) in [5, 5.41) is 0. The van der Waals surface area contributed by atoms with Gasteiger partial charge in [0.25, 0.3) is 5.91 Å². The fraction of sp³-hybridized carbons (Fsp3) is 0.455. The molecule has 5 nitrogen and oxygen atoms in total. The van der Waals surface area contributed by atoms with Crippen molar-refractivity contribution in [2.75, 3.05) is 7.11 Å².